The van der Waals surface area contributed by atoms with Crippen LogP contribution in [0.3, 0.4) is 0 Å². The van der Waals surface area contributed by atoms with Crippen molar-refractivity contribution in [3.63, 3.8) is 0 Å². The van der Waals surface area contributed by atoms with Gasteiger partial charge in [0, 0.05) is 7.05 Å². The Kier molecular flexibility index (Phi) is 4.06. The first kappa shape index (κ1) is 14.8. The van der Waals surface area contributed by atoms with Crippen LogP contribution in [0.25, 0.3) is 12.2 Å². The third-order valence-electron chi connectivity index (χ3n) is 3.59. The lowest BCUT2D eigenvalue weighted by Gasteiger charge is -2.00. The van der Waals surface area contributed by atoms with Crippen molar-refractivity contribution in [2.75, 3.05) is 0 Å². The van der Waals surface area contributed by atoms with Gasteiger partial charge in [0.25, 0.3) is 11.1 Å². The molecule has 0 aliphatic rings. The zero-order valence-electron chi connectivity index (χ0n) is 12.7. The van der Waals surface area contributed by atoms with E-state index >= 15 is 0 Å². The highest BCUT2D eigenvalue weighted by atomic mass is 16.1. The van der Waals surface area contributed by atoms with E-state index in [2.05, 4.69) is 4.98 Å². The zero-order valence-corrected chi connectivity index (χ0v) is 12.7. The summed E-state index contributed by atoms with van der Waals surface area (Å²) in [5, 5.41) is 0.598. The SMILES string of the molecule is Cn1c(=O)/c(=C\c2ccccc2)[nH]c(=O)/c1=C\c1ccccc1. The molecule has 0 aliphatic heterocycles. The lowest BCUT2D eigenvalue weighted by atomic mass is 10.2. The van der Waals surface area contributed by atoms with Crippen molar-refractivity contribution >= 4 is 12.2 Å². The smallest absolute Gasteiger partial charge is 0.274 e. The van der Waals surface area contributed by atoms with Gasteiger partial charge in [0.2, 0.25) is 0 Å². The van der Waals surface area contributed by atoms with E-state index in [1.54, 1.807) is 19.2 Å². The average Bonchev–Trinajstić information content (AvgIpc) is 2.58. The molecule has 3 aromatic rings. The molecule has 0 saturated heterocycles. The number of nitrogens with one attached hydrogen (secondary N) is 1. The van der Waals surface area contributed by atoms with Gasteiger partial charge in [-0.15, -0.1) is 0 Å². The van der Waals surface area contributed by atoms with E-state index in [4.69, 9.17) is 0 Å². The van der Waals surface area contributed by atoms with E-state index in [1.165, 1.54) is 4.57 Å². The zero-order chi connectivity index (χ0) is 16.2. The number of hydrogen-bond donors (Lipinski definition) is 1. The molecule has 4 heteroatoms. The molecule has 1 heterocycles. The van der Waals surface area contributed by atoms with Crippen molar-refractivity contribution in [3.8, 4) is 0 Å². The lowest BCUT2D eigenvalue weighted by molar-refractivity contribution is 0.776. The van der Waals surface area contributed by atoms with Crippen LogP contribution in [0.15, 0.2) is 70.3 Å². The maximum atomic E-state index is 12.5. The second kappa shape index (κ2) is 6.32. The molecule has 0 fully saturated rings. The summed E-state index contributed by atoms with van der Waals surface area (Å²) in [6.07, 6.45) is 3.38. The second-order valence-electron chi connectivity index (χ2n) is 5.23. The highest BCUT2D eigenvalue weighted by Gasteiger charge is 2.01. The topological polar surface area (TPSA) is 54.9 Å². The van der Waals surface area contributed by atoms with Gasteiger partial charge >= 0.3 is 0 Å². The van der Waals surface area contributed by atoms with Crippen molar-refractivity contribution < 1.29 is 0 Å². The van der Waals surface area contributed by atoms with Gasteiger partial charge in [-0.25, -0.2) is 0 Å². The summed E-state index contributed by atoms with van der Waals surface area (Å²) in [4.78, 5) is 27.5. The Balaban J connectivity index is 2.23. The Bertz CT molecular complexity index is 1050. The number of aromatic nitrogens is 2. The van der Waals surface area contributed by atoms with E-state index in [0.717, 1.165) is 11.1 Å². The highest BCUT2D eigenvalue weighted by molar-refractivity contribution is 5.49. The summed E-state index contributed by atoms with van der Waals surface area (Å²) in [5.41, 5.74) is 1.20. The Hall–Kier alpha value is -3.14. The molecule has 0 bridgehead atoms. The number of aromatic amines is 1. The van der Waals surface area contributed by atoms with Crippen LogP contribution in [0.4, 0.5) is 0 Å². The first-order valence-electron chi connectivity index (χ1n) is 7.28. The molecule has 2 aromatic carbocycles. The molecule has 0 amide bonds. The summed E-state index contributed by atoms with van der Waals surface area (Å²) in [7, 11) is 1.61. The number of H-pyrrole nitrogens is 1. The molecule has 0 spiro atoms. The first-order valence-corrected chi connectivity index (χ1v) is 7.28. The molecule has 0 unspecified atom stereocenters. The predicted molar refractivity (Wildman–Crippen MR) is 91.6 cm³/mol. The van der Waals surface area contributed by atoms with Crippen molar-refractivity contribution in [3.05, 3.63) is 103 Å². The van der Waals surface area contributed by atoms with Crippen LogP contribution in [0, 0.1) is 0 Å². The van der Waals surface area contributed by atoms with Crippen LogP contribution in [-0.4, -0.2) is 9.55 Å². The van der Waals surface area contributed by atoms with Crippen LogP contribution in [0.1, 0.15) is 11.1 Å². The van der Waals surface area contributed by atoms with E-state index in [-0.39, 0.29) is 16.5 Å². The molecule has 23 heavy (non-hydrogen) atoms. The van der Waals surface area contributed by atoms with Gasteiger partial charge in [-0.3, -0.25) is 9.59 Å². The normalized spacial score (nSPS) is 12.6. The standard InChI is InChI=1S/C19H16N2O2/c1-21-17(13-15-10-6-3-7-11-15)18(22)20-16(19(21)23)12-14-8-4-2-5-9-14/h2-13H,1H3,(H,20,22)/b16-12+,17-13+. The Morgan fingerprint density at radius 1 is 0.826 bits per heavy atom. The molecule has 4 nitrogen and oxygen atoms in total. The average molecular weight is 304 g/mol. The molecular formula is C19H16N2O2. The van der Waals surface area contributed by atoms with E-state index in [1.807, 2.05) is 60.7 Å². The van der Waals surface area contributed by atoms with Crippen LogP contribution in [0.5, 0.6) is 0 Å². The summed E-state index contributed by atoms with van der Waals surface area (Å²) in [6.45, 7) is 0. The third kappa shape index (κ3) is 3.21. The fraction of sp³-hybridized carbons (Fsp3) is 0.0526. The summed E-state index contributed by atoms with van der Waals surface area (Å²) >= 11 is 0. The van der Waals surface area contributed by atoms with Crippen molar-refractivity contribution in [1.29, 1.82) is 0 Å². The molecule has 0 atom stereocenters. The Labute approximate surface area is 132 Å². The monoisotopic (exact) mass is 304 g/mol. The number of benzene rings is 2. The maximum Gasteiger partial charge on any atom is 0.274 e. The summed E-state index contributed by atoms with van der Waals surface area (Å²) < 4.78 is 1.38. The van der Waals surface area contributed by atoms with E-state index in [9.17, 15) is 9.59 Å². The van der Waals surface area contributed by atoms with Gasteiger partial charge in [-0.1, -0.05) is 60.7 Å². The minimum atomic E-state index is -0.293. The van der Waals surface area contributed by atoms with Crippen LogP contribution >= 0.6 is 0 Å². The van der Waals surface area contributed by atoms with Crippen LogP contribution < -0.4 is 21.8 Å². The van der Waals surface area contributed by atoms with Crippen LogP contribution in [0.2, 0.25) is 0 Å². The summed E-state index contributed by atoms with van der Waals surface area (Å²) in [5.74, 6) is 0. The second-order valence-corrected chi connectivity index (χ2v) is 5.23. The van der Waals surface area contributed by atoms with Crippen molar-refractivity contribution in [2.24, 2.45) is 7.05 Å². The van der Waals surface area contributed by atoms with Gasteiger partial charge in [0.05, 0.1) is 0 Å². The molecule has 114 valence electrons. The summed E-state index contributed by atoms with van der Waals surface area (Å²) in [6, 6.07) is 18.9. The van der Waals surface area contributed by atoms with Crippen molar-refractivity contribution in [1.82, 2.24) is 9.55 Å². The van der Waals surface area contributed by atoms with Crippen molar-refractivity contribution in [2.45, 2.75) is 0 Å². The fourth-order valence-electron chi connectivity index (χ4n) is 2.37. The quantitative estimate of drug-likeness (QED) is 0.759. The van der Waals surface area contributed by atoms with Crippen LogP contribution in [-0.2, 0) is 7.05 Å². The largest absolute Gasteiger partial charge is 0.316 e. The maximum absolute atomic E-state index is 12.5. The number of hydrogen-bond acceptors (Lipinski definition) is 2. The fourth-order valence-corrected chi connectivity index (χ4v) is 2.37. The van der Waals surface area contributed by atoms with Gasteiger partial charge in [0.1, 0.15) is 10.7 Å². The van der Waals surface area contributed by atoms with E-state index < -0.39 is 0 Å². The molecular weight excluding hydrogens is 288 g/mol. The minimum absolute atomic E-state index is 0.240. The third-order valence-corrected chi connectivity index (χ3v) is 3.59. The molecule has 1 aromatic heterocycles. The Morgan fingerprint density at radius 3 is 1.91 bits per heavy atom. The van der Waals surface area contributed by atoms with Gasteiger partial charge in [-0.2, -0.15) is 0 Å². The van der Waals surface area contributed by atoms with E-state index in [0.29, 0.717) is 5.35 Å². The van der Waals surface area contributed by atoms with Gasteiger partial charge in [-0.05, 0) is 23.3 Å². The van der Waals surface area contributed by atoms with Gasteiger partial charge in [0.15, 0.2) is 0 Å². The minimum Gasteiger partial charge on any atom is -0.316 e. The Morgan fingerprint density at radius 2 is 1.35 bits per heavy atom. The number of rotatable bonds is 2. The first-order chi connectivity index (χ1) is 11.1. The molecule has 0 saturated carbocycles. The highest BCUT2D eigenvalue weighted by Crippen LogP contribution is 1.98. The van der Waals surface area contributed by atoms with Gasteiger partial charge < -0.3 is 9.55 Å². The predicted octanol–water partition coefficient (Wildman–Crippen LogP) is 0.731. The number of nitrogens with zero attached hydrogens (tertiary/aromatic N) is 1. The molecule has 0 aliphatic carbocycles. The molecule has 3 rings (SSSR count). The molecule has 1 N–H and O–H groups in total. The lowest BCUT2D eigenvalue weighted by Crippen LogP contribution is -2.52. The molecule has 0 radical (unpaired) electrons.